The molecule has 0 amide bonds. The van der Waals surface area contributed by atoms with Crippen LogP contribution in [0.25, 0.3) is 0 Å². The van der Waals surface area contributed by atoms with E-state index in [1.807, 2.05) is 0 Å². The molecule has 176 valence electrons. The van der Waals surface area contributed by atoms with Crippen LogP contribution in [0.3, 0.4) is 0 Å². The Kier molecular flexibility index (Phi) is 7.14. The zero-order valence-corrected chi connectivity index (χ0v) is 22.7. The summed E-state index contributed by atoms with van der Waals surface area (Å²) >= 11 is 0. The second-order valence-electron chi connectivity index (χ2n) is 10.8. The lowest BCUT2D eigenvalue weighted by Gasteiger charge is -2.47. The average molecular weight is 465 g/mol. The smallest absolute Gasteiger partial charge is 0.0724 e. The summed E-state index contributed by atoms with van der Waals surface area (Å²) in [6.07, 6.45) is 7.69. The summed E-state index contributed by atoms with van der Waals surface area (Å²) in [5, 5.41) is 0. The third-order valence-electron chi connectivity index (χ3n) is 8.47. The maximum atomic E-state index is 2.67. The molecule has 0 aliphatic heterocycles. The zero-order chi connectivity index (χ0) is 24.3. The molecule has 0 spiro atoms. The molecule has 0 fully saturated rings. The predicted octanol–water partition coefficient (Wildman–Crippen LogP) is 9.57. The van der Waals surface area contributed by atoms with E-state index < -0.39 is 8.07 Å². The first kappa shape index (κ1) is 24.5. The summed E-state index contributed by atoms with van der Waals surface area (Å²) in [5.41, 5.74) is 7.77. The Bertz CT molecular complexity index is 1000. The first-order valence-corrected chi connectivity index (χ1v) is 15.2. The third-order valence-corrected chi connectivity index (χ3v) is 16.0. The van der Waals surface area contributed by atoms with Gasteiger partial charge in [-0.15, -0.1) is 0 Å². The average Bonchev–Trinajstić information content (AvgIpc) is 3.32. The fraction of sp³-hybridized carbons (Fsp3) is 0.333. The van der Waals surface area contributed by atoms with Crippen LogP contribution in [-0.2, 0) is 5.41 Å². The number of hydrogen-bond donors (Lipinski definition) is 0. The van der Waals surface area contributed by atoms with Crippen LogP contribution in [0.15, 0.2) is 115 Å². The van der Waals surface area contributed by atoms with Gasteiger partial charge in [-0.25, -0.2) is 0 Å². The van der Waals surface area contributed by atoms with Crippen LogP contribution in [0.5, 0.6) is 0 Å². The molecular formula is C33H40Si. The van der Waals surface area contributed by atoms with E-state index in [9.17, 15) is 0 Å². The van der Waals surface area contributed by atoms with Gasteiger partial charge in [0.15, 0.2) is 0 Å². The Morgan fingerprint density at radius 1 is 0.559 bits per heavy atom. The molecule has 1 heteroatoms. The highest BCUT2D eigenvalue weighted by Gasteiger charge is 2.50. The lowest BCUT2D eigenvalue weighted by molar-refractivity contribution is 0.742. The minimum Gasteiger partial charge on any atom is -0.0800 e. The van der Waals surface area contributed by atoms with E-state index in [0.717, 1.165) is 16.6 Å². The number of allylic oxidation sites excluding steroid dienone is 4. The summed E-state index contributed by atoms with van der Waals surface area (Å²) in [5.74, 6) is 0. The van der Waals surface area contributed by atoms with Crippen molar-refractivity contribution in [2.75, 3.05) is 0 Å². The summed E-state index contributed by atoms with van der Waals surface area (Å²) in [4.78, 5) is 0. The van der Waals surface area contributed by atoms with Gasteiger partial charge in [-0.1, -0.05) is 151 Å². The molecule has 0 nitrogen and oxygen atoms in total. The lowest BCUT2D eigenvalue weighted by Crippen LogP contribution is -2.47. The van der Waals surface area contributed by atoms with E-state index >= 15 is 0 Å². The van der Waals surface area contributed by atoms with Crippen molar-refractivity contribution in [3.63, 3.8) is 0 Å². The molecule has 1 unspecified atom stereocenters. The number of benzene rings is 3. The fourth-order valence-corrected chi connectivity index (χ4v) is 14.5. The molecule has 3 aromatic carbocycles. The molecule has 0 radical (unpaired) electrons. The van der Waals surface area contributed by atoms with Gasteiger partial charge < -0.3 is 0 Å². The van der Waals surface area contributed by atoms with E-state index in [0.29, 0.717) is 5.54 Å². The second kappa shape index (κ2) is 9.92. The highest BCUT2D eigenvalue weighted by Crippen LogP contribution is 2.55. The predicted molar refractivity (Wildman–Crippen MR) is 151 cm³/mol. The lowest BCUT2D eigenvalue weighted by atomic mass is 9.65. The van der Waals surface area contributed by atoms with Crippen molar-refractivity contribution in [1.82, 2.24) is 0 Å². The van der Waals surface area contributed by atoms with Crippen LogP contribution >= 0.6 is 0 Å². The number of hydrogen-bond acceptors (Lipinski definition) is 0. The Balaban J connectivity index is 2.02. The highest BCUT2D eigenvalue weighted by molar-refractivity contribution is 6.85. The van der Waals surface area contributed by atoms with Gasteiger partial charge >= 0.3 is 0 Å². The van der Waals surface area contributed by atoms with Gasteiger partial charge in [-0.2, -0.15) is 0 Å². The van der Waals surface area contributed by atoms with E-state index in [2.05, 4.69) is 151 Å². The normalized spacial score (nSPS) is 16.5. The van der Waals surface area contributed by atoms with Crippen molar-refractivity contribution in [2.45, 2.75) is 69.1 Å². The van der Waals surface area contributed by atoms with Crippen molar-refractivity contribution in [1.29, 1.82) is 0 Å². The largest absolute Gasteiger partial charge is 0.0800 e. The van der Waals surface area contributed by atoms with Gasteiger partial charge in [0, 0.05) is 0 Å². The van der Waals surface area contributed by atoms with Crippen LogP contribution in [0.4, 0.5) is 0 Å². The Morgan fingerprint density at radius 3 is 1.24 bits per heavy atom. The summed E-state index contributed by atoms with van der Waals surface area (Å²) in [6.45, 7) is 14.9. The van der Waals surface area contributed by atoms with E-state index in [-0.39, 0.29) is 5.41 Å². The SMILES string of the molecule is CC(C)[Si](C(C)C)(C(C)C)C1C=CC(C(c2ccccc2)(c2ccccc2)c2ccccc2)=C1. The molecule has 0 heterocycles. The minimum atomic E-state index is -1.68. The molecule has 4 rings (SSSR count). The van der Waals surface area contributed by atoms with Crippen LogP contribution in [0.1, 0.15) is 58.2 Å². The first-order valence-electron chi connectivity index (χ1n) is 12.9. The molecule has 3 aromatic rings. The molecule has 1 aliphatic rings. The highest BCUT2D eigenvalue weighted by atomic mass is 28.3. The van der Waals surface area contributed by atoms with Gasteiger partial charge in [0.25, 0.3) is 0 Å². The van der Waals surface area contributed by atoms with Crippen molar-refractivity contribution in [3.8, 4) is 0 Å². The third kappa shape index (κ3) is 3.84. The minimum absolute atomic E-state index is 0.333. The Morgan fingerprint density at radius 2 is 0.912 bits per heavy atom. The standard InChI is InChI=1S/C33H40Si/c1-25(2)34(26(3)4,27(5)6)32-23-22-31(24-32)33(28-16-10-7-11-17-28,29-18-12-8-13-19-29)30-20-14-9-15-21-30/h7-27,32H,1-6H3. The number of rotatable bonds is 8. The molecule has 0 saturated heterocycles. The molecular weight excluding hydrogens is 424 g/mol. The van der Waals surface area contributed by atoms with Gasteiger partial charge in [-0.05, 0) is 44.4 Å². The van der Waals surface area contributed by atoms with Gasteiger partial charge in [0.05, 0.1) is 13.5 Å². The Labute approximate surface area is 208 Å². The van der Waals surface area contributed by atoms with Gasteiger partial charge in [0.2, 0.25) is 0 Å². The van der Waals surface area contributed by atoms with Crippen molar-refractivity contribution >= 4 is 8.07 Å². The van der Waals surface area contributed by atoms with E-state index in [4.69, 9.17) is 0 Å². The molecule has 34 heavy (non-hydrogen) atoms. The molecule has 0 bridgehead atoms. The molecule has 1 aliphatic carbocycles. The van der Waals surface area contributed by atoms with Gasteiger partial charge in [-0.3, -0.25) is 0 Å². The quantitative estimate of drug-likeness (QED) is 0.230. The molecule has 0 aromatic heterocycles. The maximum Gasteiger partial charge on any atom is 0.0724 e. The zero-order valence-electron chi connectivity index (χ0n) is 21.7. The summed E-state index contributed by atoms with van der Waals surface area (Å²) < 4.78 is 0. The van der Waals surface area contributed by atoms with Gasteiger partial charge in [0.1, 0.15) is 0 Å². The molecule has 1 atom stereocenters. The fourth-order valence-electron chi connectivity index (χ4n) is 7.29. The van der Waals surface area contributed by atoms with E-state index in [1.165, 1.54) is 22.3 Å². The van der Waals surface area contributed by atoms with Crippen molar-refractivity contribution in [2.24, 2.45) is 0 Å². The monoisotopic (exact) mass is 464 g/mol. The Hall–Kier alpha value is -2.64. The molecule has 0 N–H and O–H groups in total. The van der Waals surface area contributed by atoms with Crippen LogP contribution < -0.4 is 0 Å². The second-order valence-corrected chi connectivity index (χ2v) is 16.9. The maximum absolute atomic E-state index is 2.67. The molecule has 0 saturated carbocycles. The van der Waals surface area contributed by atoms with Crippen LogP contribution in [0.2, 0.25) is 22.2 Å². The van der Waals surface area contributed by atoms with E-state index in [1.54, 1.807) is 0 Å². The summed E-state index contributed by atoms with van der Waals surface area (Å²) in [7, 11) is -1.68. The van der Waals surface area contributed by atoms with Crippen molar-refractivity contribution in [3.05, 3.63) is 131 Å². The first-order chi connectivity index (χ1) is 16.4. The summed E-state index contributed by atoms with van der Waals surface area (Å²) in [6, 6.07) is 33.3. The van der Waals surface area contributed by atoms with Crippen molar-refractivity contribution < 1.29 is 0 Å². The topological polar surface area (TPSA) is 0 Å². The van der Waals surface area contributed by atoms with Crippen LogP contribution in [0, 0.1) is 0 Å². The van der Waals surface area contributed by atoms with Crippen LogP contribution in [-0.4, -0.2) is 8.07 Å².